The summed E-state index contributed by atoms with van der Waals surface area (Å²) >= 11 is 0. The Bertz CT molecular complexity index is 143. The highest BCUT2D eigenvalue weighted by Crippen LogP contribution is 2.05. The van der Waals surface area contributed by atoms with Crippen LogP contribution in [0.4, 0.5) is 0 Å². The molecule has 0 aromatic carbocycles. The predicted molar refractivity (Wildman–Crippen MR) is 56.3 cm³/mol. The molecule has 0 fully saturated rings. The molecule has 13 heavy (non-hydrogen) atoms. The number of hydrogen-bond acceptors (Lipinski definition) is 1. The van der Waals surface area contributed by atoms with E-state index in [1.165, 1.54) is 0 Å². The highest BCUT2D eigenvalue weighted by Gasteiger charge is 2.13. The third-order valence-corrected chi connectivity index (χ3v) is 2.19. The lowest BCUT2D eigenvalue weighted by Gasteiger charge is -2.20. The summed E-state index contributed by atoms with van der Waals surface area (Å²) in [5, 5.41) is 3.01. The maximum Gasteiger partial charge on any atom is 0.224 e. The Hall–Kier alpha value is -0.530. The van der Waals surface area contributed by atoms with Crippen LogP contribution in [0.2, 0.25) is 0 Å². The first kappa shape index (κ1) is 12.5. The second kappa shape index (κ2) is 6.93. The highest BCUT2D eigenvalue weighted by molar-refractivity contribution is 5.84. The Balaban J connectivity index is 3.73. The molecule has 0 spiro atoms. The molecule has 1 unspecified atom stereocenters. The summed E-state index contributed by atoms with van der Waals surface area (Å²) in [6.45, 7) is 8.44. The van der Waals surface area contributed by atoms with E-state index in [2.05, 4.69) is 33.0 Å². The zero-order valence-electron chi connectivity index (χ0n) is 9.26. The summed E-state index contributed by atoms with van der Waals surface area (Å²) in [5.41, 5.74) is 0. The predicted octanol–water partition coefficient (Wildman–Crippen LogP) is 2.54. The van der Waals surface area contributed by atoms with E-state index in [1.54, 1.807) is 6.42 Å². The van der Waals surface area contributed by atoms with Crippen LogP contribution in [0.1, 0.15) is 47.0 Å². The van der Waals surface area contributed by atoms with Crippen molar-refractivity contribution in [3.8, 4) is 0 Å². The number of hydrogen-bond donors (Lipinski definition) is 1. The maximum absolute atomic E-state index is 11.3. The Labute approximate surface area is 82.1 Å². The first-order chi connectivity index (χ1) is 6.11. The van der Waals surface area contributed by atoms with E-state index in [4.69, 9.17) is 0 Å². The number of nitrogens with one attached hydrogen (secondary N) is 1. The minimum Gasteiger partial charge on any atom is -0.353 e. The molecule has 0 aliphatic carbocycles. The van der Waals surface area contributed by atoms with Gasteiger partial charge in [-0.2, -0.15) is 0 Å². The SMILES string of the molecule is CCC[CH]C(=O)NC(CC)C(C)C. The van der Waals surface area contributed by atoms with Crippen molar-refractivity contribution < 1.29 is 4.79 Å². The van der Waals surface area contributed by atoms with Gasteiger partial charge in [0.1, 0.15) is 0 Å². The fourth-order valence-electron chi connectivity index (χ4n) is 1.26. The van der Waals surface area contributed by atoms with Crippen LogP contribution < -0.4 is 5.32 Å². The first-order valence-electron chi connectivity index (χ1n) is 5.25. The molecule has 0 aromatic rings. The second-order valence-electron chi connectivity index (χ2n) is 3.76. The van der Waals surface area contributed by atoms with Crippen LogP contribution >= 0.6 is 0 Å². The van der Waals surface area contributed by atoms with Crippen LogP contribution in [-0.4, -0.2) is 11.9 Å². The molecule has 0 aliphatic rings. The summed E-state index contributed by atoms with van der Waals surface area (Å²) in [6, 6.07) is 0.320. The van der Waals surface area contributed by atoms with Gasteiger partial charge in [-0.25, -0.2) is 0 Å². The van der Waals surface area contributed by atoms with Gasteiger partial charge < -0.3 is 5.32 Å². The summed E-state index contributed by atoms with van der Waals surface area (Å²) in [7, 11) is 0. The van der Waals surface area contributed by atoms with Crippen LogP contribution in [-0.2, 0) is 4.79 Å². The largest absolute Gasteiger partial charge is 0.353 e. The third kappa shape index (κ3) is 5.67. The van der Waals surface area contributed by atoms with Gasteiger partial charge in [0, 0.05) is 12.5 Å². The zero-order valence-corrected chi connectivity index (χ0v) is 9.26. The second-order valence-corrected chi connectivity index (χ2v) is 3.76. The van der Waals surface area contributed by atoms with Crippen LogP contribution in [0, 0.1) is 12.3 Å². The van der Waals surface area contributed by atoms with Crippen molar-refractivity contribution in [2.45, 2.75) is 53.0 Å². The van der Waals surface area contributed by atoms with Gasteiger partial charge in [-0.1, -0.05) is 34.1 Å². The van der Waals surface area contributed by atoms with Gasteiger partial charge in [0.15, 0.2) is 0 Å². The molecule has 0 saturated heterocycles. The van der Waals surface area contributed by atoms with Gasteiger partial charge >= 0.3 is 0 Å². The van der Waals surface area contributed by atoms with E-state index >= 15 is 0 Å². The minimum atomic E-state index is 0.0856. The smallest absolute Gasteiger partial charge is 0.224 e. The van der Waals surface area contributed by atoms with E-state index in [1.807, 2.05) is 0 Å². The average Bonchev–Trinajstić information content (AvgIpc) is 2.10. The van der Waals surface area contributed by atoms with Crippen LogP contribution in [0.5, 0.6) is 0 Å². The van der Waals surface area contributed by atoms with Crippen molar-refractivity contribution in [3.05, 3.63) is 6.42 Å². The molecule has 1 amide bonds. The zero-order chi connectivity index (χ0) is 10.3. The van der Waals surface area contributed by atoms with Crippen molar-refractivity contribution >= 4 is 5.91 Å². The van der Waals surface area contributed by atoms with Crippen molar-refractivity contribution in [1.29, 1.82) is 0 Å². The maximum atomic E-state index is 11.3. The first-order valence-corrected chi connectivity index (χ1v) is 5.25. The lowest BCUT2D eigenvalue weighted by atomic mass is 10.0. The van der Waals surface area contributed by atoms with Gasteiger partial charge in [-0.05, 0) is 18.8 Å². The molecular weight excluding hydrogens is 162 g/mol. The number of carbonyl (C=O) groups is 1. The van der Waals surface area contributed by atoms with E-state index in [-0.39, 0.29) is 5.91 Å². The highest BCUT2D eigenvalue weighted by atomic mass is 16.1. The third-order valence-electron chi connectivity index (χ3n) is 2.19. The summed E-state index contributed by atoms with van der Waals surface area (Å²) in [4.78, 5) is 11.3. The van der Waals surface area contributed by atoms with E-state index in [9.17, 15) is 4.79 Å². The van der Waals surface area contributed by atoms with Crippen LogP contribution in [0.15, 0.2) is 0 Å². The normalized spacial score (nSPS) is 13.0. The quantitative estimate of drug-likeness (QED) is 0.675. The van der Waals surface area contributed by atoms with Gasteiger partial charge in [0.2, 0.25) is 5.91 Å². The summed E-state index contributed by atoms with van der Waals surface area (Å²) in [5.74, 6) is 0.603. The number of rotatable bonds is 6. The Morgan fingerprint density at radius 1 is 1.38 bits per heavy atom. The Morgan fingerprint density at radius 3 is 2.38 bits per heavy atom. The summed E-state index contributed by atoms with van der Waals surface area (Å²) < 4.78 is 0. The van der Waals surface area contributed by atoms with Crippen LogP contribution in [0.3, 0.4) is 0 Å². The molecule has 0 heterocycles. The molecule has 1 radical (unpaired) electrons. The molecule has 0 rings (SSSR count). The number of carbonyl (C=O) groups excluding carboxylic acids is 1. The van der Waals surface area contributed by atoms with Crippen molar-refractivity contribution in [1.82, 2.24) is 5.32 Å². The van der Waals surface area contributed by atoms with Crippen molar-refractivity contribution in [2.75, 3.05) is 0 Å². The van der Waals surface area contributed by atoms with Crippen molar-refractivity contribution in [3.63, 3.8) is 0 Å². The summed E-state index contributed by atoms with van der Waals surface area (Å²) in [6.07, 6.45) is 4.65. The number of unbranched alkanes of at least 4 members (excludes halogenated alkanes) is 1. The molecule has 0 aliphatic heterocycles. The molecule has 1 atom stereocenters. The molecule has 1 N–H and O–H groups in total. The lowest BCUT2D eigenvalue weighted by molar-refractivity contribution is -0.119. The fourth-order valence-corrected chi connectivity index (χ4v) is 1.26. The topological polar surface area (TPSA) is 29.1 Å². The van der Waals surface area contributed by atoms with Gasteiger partial charge in [-0.3, -0.25) is 4.79 Å². The van der Waals surface area contributed by atoms with Gasteiger partial charge in [0.25, 0.3) is 0 Å². The van der Waals surface area contributed by atoms with Crippen molar-refractivity contribution in [2.24, 2.45) is 5.92 Å². The lowest BCUT2D eigenvalue weighted by Crippen LogP contribution is -2.38. The number of amides is 1. The Kier molecular flexibility index (Phi) is 6.65. The Morgan fingerprint density at radius 2 is 2.00 bits per heavy atom. The van der Waals surface area contributed by atoms with E-state index < -0.39 is 0 Å². The standard InChI is InChI=1S/C11H22NO/c1-5-7-8-11(13)12-10(6-2)9(3)4/h8-10H,5-7H2,1-4H3,(H,12,13). The molecule has 2 nitrogen and oxygen atoms in total. The molecule has 0 bridgehead atoms. The van der Waals surface area contributed by atoms with Gasteiger partial charge in [-0.15, -0.1) is 0 Å². The molecular formula is C11H22NO. The average molecular weight is 184 g/mol. The fraction of sp³-hybridized carbons (Fsp3) is 0.818. The molecule has 2 heteroatoms. The molecule has 77 valence electrons. The van der Waals surface area contributed by atoms with E-state index in [0.29, 0.717) is 12.0 Å². The van der Waals surface area contributed by atoms with E-state index in [0.717, 1.165) is 19.3 Å². The molecule has 0 aromatic heterocycles. The molecule has 0 saturated carbocycles. The monoisotopic (exact) mass is 184 g/mol. The van der Waals surface area contributed by atoms with Gasteiger partial charge in [0.05, 0.1) is 0 Å². The van der Waals surface area contributed by atoms with Crippen LogP contribution in [0.25, 0.3) is 0 Å². The minimum absolute atomic E-state index is 0.0856.